The number of rotatable bonds is 3. The Bertz CT molecular complexity index is 675. The van der Waals surface area contributed by atoms with Crippen molar-refractivity contribution in [2.75, 3.05) is 5.43 Å². The highest BCUT2D eigenvalue weighted by Gasteiger charge is 1.98. The normalized spacial score (nSPS) is 10.9. The minimum atomic E-state index is -0.279. The van der Waals surface area contributed by atoms with Crippen LogP contribution in [0, 0.1) is 20.8 Å². The van der Waals surface area contributed by atoms with Crippen LogP contribution in [0.1, 0.15) is 22.4 Å². The number of anilines is 1. The Morgan fingerprint density at radius 3 is 2.74 bits per heavy atom. The van der Waals surface area contributed by atoms with Gasteiger partial charge in [-0.3, -0.25) is 9.78 Å². The molecule has 6 nitrogen and oxygen atoms in total. The van der Waals surface area contributed by atoms with Crippen LogP contribution in [0.4, 0.5) is 5.95 Å². The van der Waals surface area contributed by atoms with Crippen molar-refractivity contribution in [2.24, 2.45) is 5.10 Å². The summed E-state index contributed by atoms with van der Waals surface area (Å²) in [5, 5.41) is 11.5. The van der Waals surface area contributed by atoms with E-state index in [1.807, 2.05) is 26.0 Å². The predicted molar refractivity (Wildman–Crippen MR) is 74.5 cm³/mol. The van der Waals surface area contributed by atoms with Crippen LogP contribution in [0.25, 0.3) is 0 Å². The zero-order chi connectivity index (χ0) is 13.8. The van der Waals surface area contributed by atoms with Crippen LogP contribution in [0.3, 0.4) is 0 Å². The van der Waals surface area contributed by atoms with Crippen LogP contribution < -0.4 is 11.0 Å². The average molecular weight is 257 g/mol. The van der Waals surface area contributed by atoms with Gasteiger partial charge in [0.25, 0.3) is 5.56 Å². The van der Waals surface area contributed by atoms with E-state index in [0.717, 1.165) is 11.1 Å². The van der Waals surface area contributed by atoms with Gasteiger partial charge in [0.2, 0.25) is 5.95 Å². The molecule has 0 aliphatic rings. The van der Waals surface area contributed by atoms with E-state index in [0.29, 0.717) is 5.69 Å². The highest BCUT2D eigenvalue weighted by atomic mass is 16.1. The molecule has 1 aromatic carbocycles. The van der Waals surface area contributed by atoms with Gasteiger partial charge in [0.15, 0.2) is 0 Å². The first-order valence-corrected chi connectivity index (χ1v) is 5.86. The zero-order valence-corrected chi connectivity index (χ0v) is 11.1. The molecule has 0 radical (unpaired) electrons. The van der Waals surface area contributed by atoms with Gasteiger partial charge >= 0.3 is 0 Å². The molecule has 0 spiro atoms. The van der Waals surface area contributed by atoms with Crippen LogP contribution >= 0.6 is 0 Å². The van der Waals surface area contributed by atoms with Crippen molar-refractivity contribution in [2.45, 2.75) is 20.8 Å². The summed E-state index contributed by atoms with van der Waals surface area (Å²) >= 11 is 0. The first-order valence-electron chi connectivity index (χ1n) is 5.86. The molecule has 0 saturated heterocycles. The van der Waals surface area contributed by atoms with Gasteiger partial charge < -0.3 is 0 Å². The number of aryl methyl sites for hydroxylation is 3. The van der Waals surface area contributed by atoms with Crippen LogP contribution in [0.2, 0.25) is 0 Å². The van der Waals surface area contributed by atoms with Crippen molar-refractivity contribution < 1.29 is 0 Å². The predicted octanol–water partition coefficient (Wildman–Crippen LogP) is 1.54. The Morgan fingerprint density at radius 2 is 2.05 bits per heavy atom. The van der Waals surface area contributed by atoms with Gasteiger partial charge in [-0.2, -0.15) is 5.10 Å². The Balaban J connectivity index is 2.11. The Morgan fingerprint density at radius 1 is 1.26 bits per heavy atom. The minimum Gasteiger partial charge on any atom is -0.288 e. The third-order valence-corrected chi connectivity index (χ3v) is 2.66. The molecule has 0 bridgehead atoms. The third-order valence-electron chi connectivity index (χ3n) is 2.66. The van der Waals surface area contributed by atoms with E-state index in [1.165, 1.54) is 5.56 Å². The molecule has 6 heteroatoms. The molecule has 0 fully saturated rings. The minimum absolute atomic E-state index is 0.219. The number of aromatic amines is 1. The summed E-state index contributed by atoms with van der Waals surface area (Å²) in [6.07, 6.45) is 1.68. The summed E-state index contributed by atoms with van der Waals surface area (Å²) in [4.78, 5) is 13.8. The molecule has 1 aromatic heterocycles. The number of hydrazone groups is 1. The fourth-order valence-corrected chi connectivity index (χ4v) is 1.58. The quantitative estimate of drug-likeness (QED) is 0.645. The second-order valence-corrected chi connectivity index (χ2v) is 4.32. The first kappa shape index (κ1) is 12.9. The maximum Gasteiger partial charge on any atom is 0.274 e. The largest absolute Gasteiger partial charge is 0.288 e. The van der Waals surface area contributed by atoms with Crippen molar-refractivity contribution in [3.05, 3.63) is 50.9 Å². The lowest BCUT2D eigenvalue weighted by atomic mass is 10.1. The average Bonchev–Trinajstić information content (AvgIpc) is 2.36. The van der Waals surface area contributed by atoms with Crippen molar-refractivity contribution in [1.29, 1.82) is 0 Å². The fourth-order valence-electron chi connectivity index (χ4n) is 1.58. The van der Waals surface area contributed by atoms with E-state index in [-0.39, 0.29) is 11.5 Å². The molecule has 2 rings (SSSR count). The Hall–Kier alpha value is -2.50. The summed E-state index contributed by atoms with van der Waals surface area (Å²) in [5.41, 5.74) is 6.03. The number of H-pyrrole nitrogens is 1. The lowest BCUT2D eigenvalue weighted by Gasteiger charge is -2.01. The fraction of sp³-hybridized carbons (Fsp3) is 0.231. The lowest BCUT2D eigenvalue weighted by molar-refractivity contribution is 0.897. The molecule has 0 unspecified atom stereocenters. The molecule has 0 saturated carbocycles. The molecule has 0 aliphatic heterocycles. The van der Waals surface area contributed by atoms with E-state index >= 15 is 0 Å². The number of benzene rings is 1. The second kappa shape index (κ2) is 5.43. The van der Waals surface area contributed by atoms with Gasteiger partial charge in [-0.05, 0) is 31.9 Å². The van der Waals surface area contributed by atoms with Crippen LogP contribution in [-0.2, 0) is 0 Å². The van der Waals surface area contributed by atoms with Gasteiger partial charge in [-0.1, -0.05) is 23.8 Å². The van der Waals surface area contributed by atoms with Gasteiger partial charge in [-0.15, -0.1) is 10.2 Å². The maximum absolute atomic E-state index is 11.3. The van der Waals surface area contributed by atoms with E-state index in [1.54, 1.807) is 13.1 Å². The molecule has 0 atom stereocenters. The zero-order valence-electron chi connectivity index (χ0n) is 11.1. The summed E-state index contributed by atoms with van der Waals surface area (Å²) in [7, 11) is 0. The lowest BCUT2D eigenvalue weighted by Crippen LogP contribution is -2.15. The summed E-state index contributed by atoms with van der Waals surface area (Å²) in [6, 6.07) is 6.08. The molecule has 2 N–H and O–H groups in total. The van der Waals surface area contributed by atoms with Crippen molar-refractivity contribution in [3.63, 3.8) is 0 Å². The number of hydrogen-bond acceptors (Lipinski definition) is 5. The third kappa shape index (κ3) is 3.25. The van der Waals surface area contributed by atoms with Crippen LogP contribution in [-0.4, -0.2) is 21.4 Å². The highest BCUT2D eigenvalue weighted by molar-refractivity contribution is 5.82. The Kier molecular flexibility index (Phi) is 3.70. The second-order valence-electron chi connectivity index (χ2n) is 4.32. The molecule has 0 amide bonds. The number of nitrogens with one attached hydrogen (secondary N) is 2. The van der Waals surface area contributed by atoms with Crippen molar-refractivity contribution >= 4 is 12.2 Å². The van der Waals surface area contributed by atoms with E-state index in [2.05, 4.69) is 31.8 Å². The number of hydrogen-bond donors (Lipinski definition) is 2. The molecule has 2 aromatic rings. The van der Waals surface area contributed by atoms with E-state index in [4.69, 9.17) is 0 Å². The highest BCUT2D eigenvalue weighted by Crippen LogP contribution is 2.08. The standard InChI is InChI=1S/C13H15N5O/c1-8-4-5-11(9(2)6-8)7-14-17-13-15-12(19)10(3)16-18-13/h4-7H,1-3H3,(H2,15,17,18,19). The summed E-state index contributed by atoms with van der Waals surface area (Å²) < 4.78 is 0. The first-order chi connectivity index (χ1) is 9.06. The smallest absolute Gasteiger partial charge is 0.274 e. The molecular weight excluding hydrogens is 242 g/mol. The van der Waals surface area contributed by atoms with Gasteiger partial charge in [0.05, 0.1) is 6.21 Å². The molecule has 98 valence electrons. The van der Waals surface area contributed by atoms with Gasteiger partial charge in [0.1, 0.15) is 5.69 Å². The SMILES string of the molecule is Cc1ccc(C=NNc2nnc(C)c(=O)[nH]2)c(C)c1. The molecular formula is C13H15N5O. The number of nitrogens with zero attached hydrogens (tertiary/aromatic N) is 3. The van der Waals surface area contributed by atoms with E-state index < -0.39 is 0 Å². The monoisotopic (exact) mass is 257 g/mol. The van der Waals surface area contributed by atoms with Gasteiger partial charge in [0, 0.05) is 0 Å². The summed E-state index contributed by atoms with van der Waals surface area (Å²) in [6.45, 7) is 5.65. The van der Waals surface area contributed by atoms with Crippen molar-refractivity contribution in [3.8, 4) is 0 Å². The van der Waals surface area contributed by atoms with Crippen LogP contribution in [0.5, 0.6) is 0 Å². The van der Waals surface area contributed by atoms with Gasteiger partial charge in [-0.25, -0.2) is 5.43 Å². The molecule has 19 heavy (non-hydrogen) atoms. The topological polar surface area (TPSA) is 83.0 Å². The van der Waals surface area contributed by atoms with Crippen molar-refractivity contribution in [1.82, 2.24) is 15.2 Å². The summed E-state index contributed by atoms with van der Waals surface area (Å²) in [5.74, 6) is 0.219. The van der Waals surface area contributed by atoms with E-state index in [9.17, 15) is 4.79 Å². The van der Waals surface area contributed by atoms with Crippen LogP contribution in [0.15, 0.2) is 28.1 Å². The number of aromatic nitrogens is 3. The maximum atomic E-state index is 11.3. The Labute approximate surface area is 110 Å². The molecule has 0 aliphatic carbocycles. The molecule has 1 heterocycles.